The molecule has 1 saturated carbocycles. The number of hydrogen-bond acceptors (Lipinski definition) is 5. The number of aryl methyl sites for hydroxylation is 1. The molecule has 0 radical (unpaired) electrons. The molecule has 1 heterocycles. The number of sulfonamides is 1. The van der Waals surface area contributed by atoms with Crippen molar-refractivity contribution in [1.29, 1.82) is 0 Å². The average Bonchev–Trinajstić information content (AvgIpc) is 2.97. The molecule has 8 heteroatoms. The fourth-order valence-electron chi connectivity index (χ4n) is 1.56. The van der Waals surface area contributed by atoms with Crippen molar-refractivity contribution in [2.24, 2.45) is 11.7 Å². The Bertz CT molecular complexity index is 470. The summed E-state index contributed by atoms with van der Waals surface area (Å²) in [5.41, 5.74) is 5.57. The molecule has 98 valence electrons. The summed E-state index contributed by atoms with van der Waals surface area (Å²) in [5, 5.41) is 0.746. The number of nitrogens with zero attached hydrogens (tertiary/aromatic N) is 1. The molecular weight excluding hydrogens is 282 g/mol. The van der Waals surface area contributed by atoms with E-state index in [0.29, 0.717) is 12.5 Å². The smallest absolute Gasteiger partial charge is 0.251 e. The van der Waals surface area contributed by atoms with Crippen LogP contribution in [0.15, 0.2) is 10.4 Å². The Morgan fingerprint density at radius 2 is 2.29 bits per heavy atom. The van der Waals surface area contributed by atoms with Gasteiger partial charge >= 0.3 is 0 Å². The van der Waals surface area contributed by atoms with Crippen molar-refractivity contribution < 1.29 is 8.42 Å². The molecule has 2 rings (SSSR count). The standard InChI is InChI=1S/C9H15N3O2S2.ClH/c1-6-11-5-9(15-6)16(13,14)12-8(4-10)7-2-3-7;/h5,7-8,12H,2-4,10H2,1H3;1H. The summed E-state index contributed by atoms with van der Waals surface area (Å²) in [7, 11) is -3.43. The zero-order valence-corrected chi connectivity index (χ0v) is 11.9. The van der Waals surface area contributed by atoms with Crippen molar-refractivity contribution >= 4 is 33.8 Å². The van der Waals surface area contributed by atoms with Gasteiger partial charge in [-0.1, -0.05) is 0 Å². The molecule has 1 aromatic rings. The molecule has 1 unspecified atom stereocenters. The Morgan fingerprint density at radius 1 is 1.65 bits per heavy atom. The third kappa shape index (κ3) is 3.62. The lowest BCUT2D eigenvalue weighted by Crippen LogP contribution is -2.41. The maximum Gasteiger partial charge on any atom is 0.251 e. The van der Waals surface area contributed by atoms with Crippen LogP contribution in [0, 0.1) is 12.8 Å². The van der Waals surface area contributed by atoms with Gasteiger partial charge < -0.3 is 5.73 Å². The van der Waals surface area contributed by atoms with E-state index in [4.69, 9.17) is 5.73 Å². The summed E-state index contributed by atoms with van der Waals surface area (Å²) in [6.45, 7) is 2.13. The molecule has 1 atom stereocenters. The molecular formula is C9H16ClN3O2S2. The van der Waals surface area contributed by atoms with Crippen molar-refractivity contribution in [3.05, 3.63) is 11.2 Å². The lowest BCUT2D eigenvalue weighted by Gasteiger charge is -2.14. The molecule has 1 aromatic heterocycles. The van der Waals surface area contributed by atoms with Crippen LogP contribution in [0.2, 0.25) is 0 Å². The Hall–Kier alpha value is -0.210. The topological polar surface area (TPSA) is 85.1 Å². The van der Waals surface area contributed by atoms with E-state index in [1.807, 2.05) is 0 Å². The van der Waals surface area contributed by atoms with E-state index < -0.39 is 10.0 Å². The van der Waals surface area contributed by atoms with Gasteiger partial charge in [-0.25, -0.2) is 18.1 Å². The van der Waals surface area contributed by atoms with Gasteiger partial charge in [-0.2, -0.15) is 0 Å². The monoisotopic (exact) mass is 297 g/mol. The number of hydrogen-bond donors (Lipinski definition) is 2. The molecule has 1 fully saturated rings. The van der Waals surface area contributed by atoms with E-state index in [9.17, 15) is 8.42 Å². The van der Waals surface area contributed by atoms with Gasteiger partial charge in [0.15, 0.2) is 4.21 Å². The van der Waals surface area contributed by atoms with Gasteiger partial charge in [-0.15, -0.1) is 23.7 Å². The average molecular weight is 298 g/mol. The zero-order valence-electron chi connectivity index (χ0n) is 9.42. The third-order valence-electron chi connectivity index (χ3n) is 2.62. The van der Waals surface area contributed by atoms with Crippen LogP contribution < -0.4 is 10.5 Å². The van der Waals surface area contributed by atoms with Crippen LogP contribution in [0.3, 0.4) is 0 Å². The SMILES string of the molecule is Cc1ncc(S(=O)(=O)NC(CN)C2CC2)s1.Cl. The number of nitrogens with two attached hydrogens (primary N) is 1. The Morgan fingerprint density at radius 3 is 2.71 bits per heavy atom. The van der Waals surface area contributed by atoms with E-state index >= 15 is 0 Å². The third-order valence-corrected chi connectivity index (χ3v) is 5.48. The maximum absolute atomic E-state index is 12.0. The molecule has 1 aliphatic rings. The highest BCUT2D eigenvalue weighted by Gasteiger charge is 2.33. The lowest BCUT2D eigenvalue weighted by molar-refractivity contribution is 0.520. The first-order chi connectivity index (χ1) is 7.53. The minimum absolute atomic E-state index is 0. The highest BCUT2D eigenvalue weighted by molar-refractivity contribution is 7.91. The fraction of sp³-hybridized carbons (Fsp3) is 0.667. The van der Waals surface area contributed by atoms with Crippen LogP contribution in [0.4, 0.5) is 0 Å². The van der Waals surface area contributed by atoms with E-state index in [1.54, 1.807) is 6.92 Å². The molecule has 17 heavy (non-hydrogen) atoms. The second-order valence-electron chi connectivity index (χ2n) is 4.00. The van der Waals surface area contributed by atoms with Gasteiger partial charge in [0.25, 0.3) is 10.0 Å². The van der Waals surface area contributed by atoms with E-state index in [-0.39, 0.29) is 22.7 Å². The number of rotatable bonds is 5. The van der Waals surface area contributed by atoms with Crippen molar-refractivity contribution in [1.82, 2.24) is 9.71 Å². The van der Waals surface area contributed by atoms with Gasteiger partial charge in [0.05, 0.1) is 11.2 Å². The largest absolute Gasteiger partial charge is 0.329 e. The summed E-state index contributed by atoms with van der Waals surface area (Å²) < 4.78 is 26.8. The van der Waals surface area contributed by atoms with E-state index in [1.165, 1.54) is 17.5 Å². The van der Waals surface area contributed by atoms with E-state index in [0.717, 1.165) is 17.8 Å². The highest BCUT2D eigenvalue weighted by Crippen LogP contribution is 2.33. The first-order valence-electron chi connectivity index (χ1n) is 5.18. The van der Waals surface area contributed by atoms with Gasteiger partial charge in [0, 0.05) is 12.6 Å². The van der Waals surface area contributed by atoms with Crippen molar-refractivity contribution in [2.45, 2.75) is 30.0 Å². The van der Waals surface area contributed by atoms with Crippen LogP contribution in [-0.4, -0.2) is 26.0 Å². The summed E-state index contributed by atoms with van der Waals surface area (Å²) in [6, 6.07) is -0.132. The minimum atomic E-state index is -3.43. The summed E-state index contributed by atoms with van der Waals surface area (Å²) in [6.07, 6.45) is 3.51. The first kappa shape index (κ1) is 14.8. The van der Waals surface area contributed by atoms with Gasteiger partial charge in [-0.3, -0.25) is 0 Å². The lowest BCUT2D eigenvalue weighted by atomic mass is 10.2. The summed E-state index contributed by atoms with van der Waals surface area (Å²) in [4.78, 5) is 3.94. The summed E-state index contributed by atoms with van der Waals surface area (Å²) in [5.74, 6) is 0.411. The molecule has 3 N–H and O–H groups in total. The molecule has 1 aliphatic carbocycles. The van der Waals surface area contributed by atoms with Crippen molar-refractivity contribution in [3.63, 3.8) is 0 Å². The highest BCUT2D eigenvalue weighted by atomic mass is 35.5. The van der Waals surface area contributed by atoms with Crippen LogP contribution in [0.5, 0.6) is 0 Å². The molecule has 5 nitrogen and oxygen atoms in total. The van der Waals surface area contributed by atoms with Gasteiger partial charge in [0.2, 0.25) is 0 Å². The molecule has 0 aliphatic heterocycles. The molecule has 0 saturated heterocycles. The van der Waals surface area contributed by atoms with Gasteiger partial charge in [-0.05, 0) is 25.7 Å². The maximum atomic E-state index is 12.0. The normalized spacial score (nSPS) is 17.5. The van der Waals surface area contributed by atoms with Crippen LogP contribution in [-0.2, 0) is 10.0 Å². The van der Waals surface area contributed by atoms with Crippen LogP contribution in [0.25, 0.3) is 0 Å². The predicted molar refractivity (Wildman–Crippen MR) is 70.0 cm³/mol. The first-order valence-corrected chi connectivity index (χ1v) is 7.47. The molecule has 0 bridgehead atoms. The molecule has 0 aromatic carbocycles. The second kappa shape index (κ2) is 5.62. The Kier molecular flexibility index (Phi) is 4.91. The molecule has 0 spiro atoms. The quantitative estimate of drug-likeness (QED) is 0.845. The van der Waals surface area contributed by atoms with Gasteiger partial charge in [0.1, 0.15) is 0 Å². The fourth-order valence-corrected chi connectivity index (χ4v) is 4.00. The Balaban J connectivity index is 0.00000144. The Labute approximate surface area is 111 Å². The second-order valence-corrected chi connectivity index (χ2v) is 7.17. The number of nitrogens with one attached hydrogen (secondary N) is 1. The number of aromatic nitrogens is 1. The van der Waals surface area contributed by atoms with E-state index in [2.05, 4.69) is 9.71 Å². The van der Waals surface area contributed by atoms with Crippen LogP contribution in [0.1, 0.15) is 17.8 Å². The predicted octanol–water partition coefficient (Wildman–Crippen LogP) is 0.889. The summed E-state index contributed by atoms with van der Waals surface area (Å²) >= 11 is 1.18. The van der Waals surface area contributed by atoms with Crippen molar-refractivity contribution in [3.8, 4) is 0 Å². The number of halogens is 1. The zero-order chi connectivity index (χ0) is 11.8. The molecule has 0 amide bonds. The van der Waals surface area contributed by atoms with Crippen molar-refractivity contribution in [2.75, 3.05) is 6.54 Å². The minimum Gasteiger partial charge on any atom is -0.329 e. The number of thiazole rings is 1. The van der Waals surface area contributed by atoms with Crippen LogP contribution >= 0.6 is 23.7 Å².